The van der Waals surface area contributed by atoms with Crippen molar-refractivity contribution < 1.29 is 24.2 Å². The molecule has 0 aromatic heterocycles. The number of esters is 1. The summed E-state index contributed by atoms with van der Waals surface area (Å²) in [6, 6.07) is -0.166. The fraction of sp³-hybridized carbons (Fsp3) is 0.786. The van der Waals surface area contributed by atoms with Crippen LogP contribution >= 0.6 is 0 Å². The number of ether oxygens (including phenoxy) is 1. The van der Waals surface area contributed by atoms with Crippen molar-refractivity contribution >= 4 is 18.0 Å². The fourth-order valence-corrected chi connectivity index (χ4v) is 1.93. The van der Waals surface area contributed by atoms with E-state index in [9.17, 15) is 14.4 Å². The van der Waals surface area contributed by atoms with Gasteiger partial charge in [0.25, 0.3) is 0 Å². The first kappa shape index (κ1) is 17.3. The van der Waals surface area contributed by atoms with Crippen molar-refractivity contribution in [3.63, 3.8) is 0 Å². The predicted octanol–water partition coefficient (Wildman–Crippen LogP) is 1.22. The lowest BCUT2D eigenvalue weighted by Crippen LogP contribution is -2.44. The van der Waals surface area contributed by atoms with Gasteiger partial charge in [-0.1, -0.05) is 6.92 Å². The van der Waals surface area contributed by atoms with E-state index in [2.05, 4.69) is 5.32 Å². The van der Waals surface area contributed by atoms with Crippen LogP contribution in [0.1, 0.15) is 39.5 Å². The second-order valence-corrected chi connectivity index (χ2v) is 5.28. The molecule has 0 heterocycles. The van der Waals surface area contributed by atoms with Gasteiger partial charge in [-0.2, -0.15) is 0 Å². The zero-order chi connectivity index (χ0) is 15.8. The maximum Gasteiger partial charge on any atom is 0.325 e. The van der Waals surface area contributed by atoms with Gasteiger partial charge in [0.1, 0.15) is 6.54 Å². The van der Waals surface area contributed by atoms with E-state index in [1.54, 1.807) is 13.8 Å². The maximum atomic E-state index is 12.0. The van der Waals surface area contributed by atoms with E-state index in [4.69, 9.17) is 9.84 Å². The van der Waals surface area contributed by atoms with E-state index in [1.165, 1.54) is 4.90 Å². The van der Waals surface area contributed by atoms with Crippen LogP contribution in [0.2, 0.25) is 0 Å². The minimum absolute atomic E-state index is 0.0319. The molecule has 1 atom stereocenters. The third kappa shape index (κ3) is 6.46. The molecule has 0 aliphatic heterocycles. The minimum Gasteiger partial charge on any atom is -0.481 e. The number of carboxylic acids is 1. The van der Waals surface area contributed by atoms with Crippen molar-refractivity contribution in [2.75, 3.05) is 19.7 Å². The quantitative estimate of drug-likeness (QED) is 0.493. The number of urea groups is 1. The lowest BCUT2D eigenvalue weighted by Gasteiger charge is -2.21. The number of carboxylic acid groups (broad SMARTS) is 1. The number of aliphatic carboxylic acids is 1. The summed E-state index contributed by atoms with van der Waals surface area (Å²) in [7, 11) is 0. The first-order valence-corrected chi connectivity index (χ1v) is 7.38. The maximum absolute atomic E-state index is 12.0. The molecular weight excluding hydrogens is 276 g/mol. The van der Waals surface area contributed by atoms with Gasteiger partial charge in [-0.3, -0.25) is 9.59 Å². The molecule has 0 saturated heterocycles. The van der Waals surface area contributed by atoms with Gasteiger partial charge in [0.05, 0.1) is 12.5 Å². The summed E-state index contributed by atoms with van der Waals surface area (Å²) in [5, 5.41) is 11.5. The number of hydrogen-bond acceptors (Lipinski definition) is 4. The van der Waals surface area contributed by atoms with Gasteiger partial charge in [0.15, 0.2) is 0 Å². The van der Waals surface area contributed by atoms with E-state index in [-0.39, 0.29) is 18.6 Å². The molecule has 0 spiro atoms. The largest absolute Gasteiger partial charge is 0.481 e. The smallest absolute Gasteiger partial charge is 0.325 e. The number of nitrogens with one attached hydrogen (secondary N) is 1. The topological polar surface area (TPSA) is 95.9 Å². The standard InChI is InChI=1S/C14H24N2O5/c1-3-21-12(17)9-16(11-6-7-11)14(20)15-8-4-5-10(2)13(18)19/h10-11H,3-9H2,1-2H3,(H,15,20)(H,18,19). The minimum atomic E-state index is -0.830. The van der Waals surface area contributed by atoms with Gasteiger partial charge < -0.3 is 20.1 Å². The summed E-state index contributed by atoms with van der Waals surface area (Å²) in [6.07, 6.45) is 2.92. The highest BCUT2D eigenvalue weighted by atomic mass is 16.5. The summed E-state index contributed by atoms with van der Waals surface area (Å²) in [5.74, 6) is -1.65. The zero-order valence-electron chi connectivity index (χ0n) is 12.6. The summed E-state index contributed by atoms with van der Waals surface area (Å²) < 4.78 is 4.86. The highest BCUT2D eigenvalue weighted by Crippen LogP contribution is 2.26. The summed E-state index contributed by atoms with van der Waals surface area (Å²) >= 11 is 0. The Morgan fingerprint density at radius 3 is 2.57 bits per heavy atom. The van der Waals surface area contributed by atoms with E-state index in [1.807, 2.05) is 0 Å². The Balaban J connectivity index is 2.30. The highest BCUT2D eigenvalue weighted by molar-refractivity contribution is 5.81. The molecule has 1 aliphatic rings. The molecule has 1 fully saturated rings. The first-order chi connectivity index (χ1) is 9.95. The van der Waals surface area contributed by atoms with E-state index in [0.29, 0.717) is 26.0 Å². The molecule has 1 unspecified atom stereocenters. The van der Waals surface area contributed by atoms with Gasteiger partial charge in [-0.15, -0.1) is 0 Å². The summed E-state index contributed by atoms with van der Waals surface area (Å²) in [4.78, 5) is 35.7. The highest BCUT2D eigenvalue weighted by Gasteiger charge is 2.34. The average molecular weight is 300 g/mol. The third-order valence-corrected chi connectivity index (χ3v) is 3.36. The Labute approximate surface area is 124 Å². The zero-order valence-corrected chi connectivity index (χ0v) is 12.6. The van der Waals surface area contributed by atoms with Crippen LogP contribution < -0.4 is 5.32 Å². The molecule has 120 valence electrons. The third-order valence-electron chi connectivity index (χ3n) is 3.36. The number of carbonyl (C=O) groups is 3. The number of carbonyl (C=O) groups excluding carboxylic acids is 2. The second-order valence-electron chi connectivity index (χ2n) is 5.28. The lowest BCUT2D eigenvalue weighted by molar-refractivity contribution is -0.144. The van der Waals surface area contributed by atoms with Gasteiger partial charge >= 0.3 is 18.0 Å². The molecule has 2 N–H and O–H groups in total. The van der Waals surface area contributed by atoms with Crippen LogP contribution in [0.25, 0.3) is 0 Å². The summed E-state index contributed by atoms with van der Waals surface area (Å²) in [6.45, 7) is 4.04. The van der Waals surface area contributed by atoms with Gasteiger partial charge in [-0.25, -0.2) is 4.79 Å². The normalized spacial score (nSPS) is 15.1. The Kier molecular flexibility index (Phi) is 6.98. The molecule has 0 aromatic carbocycles. The van der Waals surface area contributed by atoms with Crippen molar-refractivity contribution in [2.24, 2.45) is 5.92 Å². The van der Waals surface area contributed by atoms with Crippen molar-refractivity contribution in [2.45, 2.75) is 45.6 Å². The van der Waals surface area contributed by atoms with Crippen LogP contribution in [0.5, 0.6) is 0 Å². The van der Waals surface area contributed by atoms with E-state index >= 15 is 0 Å². The molecule has 0 aromatic rings. The van der Waals surface area contributed by atoms with Crippen molar-refractivity contribution in [3.8, 4) is 0 Å². The number of nitrogens with zero attached hydrogens (tertiary/aromatic N) is 1. The molecular formula is C14H24N2O5. The number of rotatable bonds is 9. The molecule has 21 heavy (non-hydrogen) atoms. The Hall–Kier alpha value is -1.79. The number of hydrogen-bond donors (Lipinski definition) is 2. The molecule has 7 nitrogen and oxygen atoms in total. The van der Waals surface area contributed by atoms with Crippen LogP contribution in [0, 0.1) is 5.92 Å². The van der Waals surface area contributed by atoms with E-state index < -0.39 is 17.9 Å². The van der Waals surface area contributed by atoms with Gasteiger partial charge in [0.2, 0.25) is 0 Å². The molecule has 1 saturated carbocycles. The molecule has 0 bridgehead atoms. The van der Waals surface area contributed by atoms with Crippen LogP contribution in [0.4, 0.5) is 4.79 Å². The van der Waals surface area contributed by atoms with Gasteiger partial charge in [-0.05, 0) is 32.6 Å². The average Bonchev–Trinajstić information content (AvgIpc) is 3.25. The molecule has 2 amide bonds. The Bertz CT molecular complexity index is 382. The van der Waals surface area contributed by atoms with Crippen molar-refractivity contribution in [3.05, 3.63) is 0 Å². The first-order valence-electron chi connectivity index (χ1n) is 7.38. The van der Waals surface area contributed by atoms with Crippen LogP contribution in [0.3, 0.4) is 0 Å². The van der Waals surface area contributed by atoms with Crippen molar-refractivity contribution in [1.29, 1.82) is 0 Å². The van der Waals surface area contributed by atoms with Crippen molar-refractivity contribution in [1.82, 2.24) is 10.2 Å². The SMILES string of the molecule is CCOC(=O)CN(C(=O)NCCCC(C)C(=O)O)C1CC1. The molecule has 1 aliphatic carbocycles. The fourth-order valence-electron chi connectivity index (χ4n) is 1.93. The Morgan fingerprint density at radius 2 is 2.05 bits per heavy atom. The van der Waals surface area contributed by atoms with Crippen LogP contribution in [-0.2, 0) is 14.3 Å². The number of amides is 2. The Morgan fingerprint density at radius 1 is 1.38 bits per heavy atom. The second kappa shape index (κ2) is 8.49. The van der Waals surface area contributed by atoms with Gasteiger partial charge in [0, 0.05) is 12.6 Å². The van der Waals surface area contributed by atoms with Crippen LogP contribution in [-0.4, -0.2) is 53.7 Å². The molecule has 1 rings (SSSR count). The summed E-state index contributed by atoms with van der Waals surface area (Å²) in [5.41, 5.74) is 0. The molecule has 0 radical (unpaired) electrons. The molecule has 7 heteroatoms. The monoisotopic (exact) mass is 300 g/mol. The van der Waals surface area contributed by atoms with E-state index in [0.717, 1.165) is 12.8 Å². The van der Waals surface area contributed by atoms with Crippen LogP contribution in [0.15, 0.2) is 0 Å². The lowest BCUT2D eigenvalue weighted by atomic mass is 10.1. The predicted molar refractivity (Wildman–Crippen MR) is 75.8 cm³/mol.